The highest BCUT2D eigenvalue weighted by molar-refractivity contribution is 5.84. The Morgan fingerprint density at radius 1 is 1.42 bits per heavy atom. The lowest BCUT2D eigenvalue weighted by Gasteiger charge is -2.34. The van der Waals surface area contributed by atoms with Crippen molar-refractivity contribution in [3.8, 4) is 0 Å². The third-order valence-corrected chi connectivity index (χ3v) is 4.02. The zero-order chi connectivity index (χ0) is 13.9. The largest absolute Gasteiger partial charge is 0.377 e. The molecule has 1 amide bonds. The number of nitrogens with two attached hydrogens (primary N) is 1. The summed E-state index contributed by atoms with van der Waals surface area (Å²) in [7, 11) is 2.04. The molecular weight excluding hydrogens is 242 g/mol. The van der Waals surface area contributed by atoms with Crippen molar-refractivity contribution in [2.45, 2.75) is 56.7 Å². The third kappa shape index (κ3) is 4.44. The lowest BCUT2D eigenvalue weighted by atomic mass is 10.00. The molecule has 2 atom stereocenters. The van der Waals surface area contributed by atoms with Crippen LogP contribution in [0.5, 0.6) is 0 Å². The van der Waals surface area contributed by atoms with E-state index in [1.807, 2.05) is 14.0 Å². The quantitative estimate of drug-likeness (QED) is 0.705. The number of amides is 1. The zero-order valence-corrected chi connectivity index (χ0v) is 12.2. The maximum absolute atomic E-state index is 11.7. The van der Waals surface area contributed by atoms with Crippen LogP contribution in [-0.4, -0.2) is 55.2 Å². The van der Waals surface area contributed by atoms with Gasteiger partial charge in [0.15, 0.2) is 0 Å². The molecule has 1 heterocycles. The molecule has 3 N–H and O–H groups in total. The van der Waals surface area contributed by atoms with E-state index in [-0.39, 0.29) is 5.91 Å². The normalized spacial score (nSPS) is 27.2. The summed E-state index contributed by atoms with van der Waals surface area (Å²) in [4.78, 5) is 13.9. The van der Waals surface area contributed by atoms with E-state index in [1.165, 1.54) is 12.8 Å². The van der Waals surface area contributed by atoms with Crippen LogP contribution in [0.25, 0.3) is 0 Å². The van der Waals surface area contributed by atoms with E-state index >= 15 is 0 Å². The van der Waals surface area contributed by atoms with Crippen molar-refractivity contribution in [3.05, 3.63) is 0 Å². The van der Waals surface area contributed by atoms with E-state index in [1.54, 1.807) is 0 Å². The fourth-order valence-corrected chi connectivity index (χ4v) is 2.78. The van der Waals surface area contributed by atoms with Crippen LogP contribution < -0.4 is 11.1 Å². The summed E-state index contributed by atoms with van der Waals surface area (Å²) in [5.74, 6) is -0.268. The average molecular weight is 269 g/mol. The number of carbonyl (C=O) groups is 1. The summed E-state index contributed by atoms with van der Waals surface area (Å²) >= 11 is 0. The summed E-state index contributed by atoms with van der Waals surface area (Å²) in [5.41, 5.74) is 4.93. The van der Waals surface area contributed by atoms with E-state index in [0.29, 0.717) is 18.7 Å². The molecule has 1 saturated heterocycles. The molecular formula is C14H27N3O2. The van der Waals surface area contributed by atoms with Crippen molar-refractivity contribution in [1.29, 1.82) is 0 Å². The van der Waals surface area contributed by atoms with Crippen LogP contribution in [0.15, 0.2) is 0 Å². The minimum Gasteiger partial charge on any atom is -0.377 e. The molecule has 110 valence electrons. The van der Waals surface area contributed by atoms with Crippen LogP contribution in [0.3, 0.4) is 0 Å². The Morgan fingerprint density at radius 3 is 2.68 bits per heavy atom. The van der Waals surface area contributed by atoms with Crippen molar-refractivity contribution < 1.29 is 9.53 Å². The number of likely N-dealkylation sites (N-methyl/N-ethyl adjacent to an activating group) is 1. The van der Waals surface area contributed by atoms with E-state index < -0.39 is 5.54 Å². The van der Waals surface area contributed by atoms with E-state index in [9.17, 15) is 4.79 Å². The topological polar surface area (TPSA) is 67.6 Å². The first-order chi connectivity index (χ1) is 8.99. The molecule has 1 saturated carbocycles. The van der Waals surface area contributed by atoms with Gasteiger partial charge in [0.25, 0.3) is 0 Å². The zero-order valence-electron chi connectivity index (χ0n) is 12.2. The maximum atomic E-state index is 11.7. The van der Waals surface area contributed by atoms with Gasteiger partial charge in [-0.25, -0.2) is 0 Å². The number of hydrogen-bond donors (Lipinski definition) is 2. The number of nitrogens with zero attached hydrogens (tertiary/aromatic N) is 1. The van der Waals surface area contributed by atoms with Gasteiger partial charge in [0.1, 0.15) is 5.54 Å². The fourth-order valence-electron chi connectivity index (χ4n) is 2.78. The van der Waals surface area contributed by atoms with E-state index in [4.69, 9.17) is 10.5 Å². The summed E-state index contributed by atoms with van der Waals surface area (Å²) in [6, 6.07) is 0.469. The smallest absolute Gasteiger partial charge is 0.238 e. The van der Waals surface area contributed by atoms with Crippen LogP contribution in [0.2, 0.25) is 0 Å². The Balaban J connectivity index is 1.83. The number of ether oxygens (including phenoxy) is 1. The maximum Gasteiger partial charge on any atom is 0.238 e. The Kier molecular flexibility index (Phi) is 4.81. The fraction of sp³-hybridized carbons (Fsp3) is 0.929. The minimum absolute atomic E-state index is 0.268. The first-order valence-corrected chi connectivity index (χ1v) is 7.37. The molecule has 2 unspecified atom stereocenters. The Labute approximate surface area is 115 Å². The standard InChI is InChI=1S/C14H27N3O2/c1-14(13(15)18,16-11-6-7-11)10-17(2)9-12-5-3-4-8-19-12/h11-12,16H,3-10H2,1-2H3,(H2,15,18). The molecule has 0 radical (unpaired) electrons. The second-order valence-corrected chi connectivity index (χ2v) is 6.30. The van der Waals surface area contributed by atoms with Gasteiger partial charge < -0.3 is 15.4 Å². The van der Waals surface area contributed by atoms with Crippen LogP contribution in [-0.2, 0) is 9.53 Å². The SMILES string of the molecule is CN(CC1CCCCO1)CC(C)(NC1CC1)C(N)=O. The second kappa shape index (κ2) is 6.20. The molecule has 19 heavy (non-hydrogen) atoms. The molecule has 1 aliphatic carbocycles. The van der Waals surface area contributed by atoms with E-state index in [2.05, 4.69) is 10.2 Å². The Morgan fingerprint density at radius 2 is 2.16 bits per heavy atom. The van der Waals surface area contributed by atoms with Crippen molar-refractivity contribution in [1.82, 2.24) is 10.2 Å². The number of nitrogens with one attached hydrogen (secondary N) is 1. The van der Waals surface area contributed by atoms with Gasteiger partial charge in [-0.1, -0.05) is 0 Å². The van der Waals surface area contributed by atoms with Gasteiger partial charge in [0, 0.05) is 25.7 Å². The molecule has 0 aromatic carbocycles. The summed E-state index contributed by atoms with van der Waals surface area (Å²) in [5, 5.41) is 3.38. The number of rotatable bonds is 7. The highest BCUT2D eigenvalue weighted by atomic mass is 16.5. The molecule has 0 aromatic rings. The monoisotopic (exact) mass is 269 g/mol. The van der Waals surface area contributed by atoms with E-state index in [0.717, 1.165) is 32.4 Å². The van der Waals surface area contributed by atoms with Gasteiger partial charge >= 0.3 is 0 Å². The van der Waals surface area contributed by atoms with Crippen molar-refractivity contribution >= 4 is 5.91 Å². The lowest BCUT2D eigenvalue weighted by Crippen LogP contribution is -2.60. The second-order valence-electron chi connectivity index (χ2n) is 6.30. The van der Waals surface area contributed by atoms with Gasteiger partial charge in [-0.3, -0.25) is 10.1 Å². The van der Waals surface area contributed by atoms with Gasteiger partial charge in [0.05, 0.1) is 6.10 Å². The average Bonchev–Trinajstić information content (AvgIpc) is 3.13. The van der Waals surface area contributed by atoms with Crippen LogP contribution >= 0.6 is 0 Å². The molecule has 2 aliphatic rings. The molecule has 5 nitrogen and oxygen atoms in total. The first kappa shape index (κ1) is 14.8. The molecule has 1 aliphatic heterocycles. The first-order valence-electron chi connectivity index (χ1n) is 7.37. The van der Waals surface area contributed by atoms with Gasteiger partial charge in [-0.2, -0.15) is 0 Å². The highest BCUT2D eigenvalue weighted by Crippen LogP contribution is 2.23. The molecule has 2 fully saturated rings. The number of hydrogen-bond acceptors (Lipinski definition) is 4. The molecule has 0 bridgehead atoms. The molecule has 2 rings (SSSR count). The predicted molar refractivity (Wildman–Crippen MR) is 74.8 cm³/mol. The van der Waals surface area contributed by atoms with Crippen LogP contribution in [0, 0.1) is 0 Å². The van der Waals surface area contributed by atoms with Crippen molar-refractivity contribution in [3.63, 3.8) is 0 Å². The van der Waals surface area contributed by atoms with Gasteiger partial charge in [0.2, 0.25) is 5.91 Å². The summed E-state index contributed by atoms with van der Waals surface area (Å²) in [6.07, 6.45) is 6.13. The van der Waals surface area contributed by atoms with Crippen LogP contribution in [0.4, 0.5) is 0 Å². The lowest BCUT2D eigenvalue weighted by molar-refractivity contribution is -0.124. The summed E-state index contributed by atoms with van der Waals surface area (Å²) < 4.78 is 5.74. The third-order valence-electron chi connectivity index (χ3n) is 4.02. The Hall–Kier alpha value is -0.650. The van der Waals surface area contributed by atoms with Gasteiger partial charge in [-0.15, -0.1) is 0 Å². The van der Waals surface area contributed by atoms with Crippen LogP contribution in [0.1, 0.15) is 39.0 Å². The highest BCUT2D eigenvalue weighted by Gasteiger charge is 2.38. The van der Waals surface area contributed by atoms with Gasteiger partial charge in [-0.05, 0) is 46.1 Å². The van der Waals surface area contributed by atoms with Crippen molar-refractivity contribution in [2.24, 2.45) is 5.73 Å². The Bertz CT molecular complexity index is 314. The minimum atomic E-state index is -0.634. The number of primary amides is 1. The summed E-state index contributed by atoms with van der Waals surface area (Å²) in [6.45, 7) is 4.28. The molecule has 5 heteroatoms. The number of carbonyl (C=O) groups excluding carboxylic acids is 1. The predicted octanol–water partition coefficient (Wildman–Crippen LogP) is 0.483. The molecule has 0 spiro atoms. The molecule has 0 aromatic heterocycles. The van der Waals surface area contributed by atoms with Crippen molar-refractivity contribution in [2.75, 3.05) is 26.7 Å².